The molecule has 130 valence electrons. The summed E-state index contributed by atoms with van der Waals surface area (Å²) in [4.78, 5) is -0.507. The van der Waals surface area contributed by atoms with Crippen LogP contribution in [0.1, 0.15) is 11.1 Å². The lowest BCUT2D eigenvalue weighted by molar-refractivity contribution is -0.137. The number of rotatable bonds is 4. The molecule has 0 unspecified atom stereocenters. The second-order valence-electron chi connectivity index (χ2n) is 4.98. The summed E-state index contributed by atoms with van der Waals surface area (Å²) in [5.41, 5.74) is -0.154. The lowest BCUT2D eigenvalue weighted by atomic mass is 10.2. The van der Waals surface area contributed by atoms with Crippen molar-refractivity contribution in [2.45, 2.75) is 18.0 Å². The Labute approximate surface area is 145 Å². The monoisotopic (exact) mass is 423 g/mol. The standard InChI is InChI=1S/C15H13BrF3NO3S/c1-9-3-4-14(23-2)13(5-9)20-24(21,22)12-7-10(15(17,18)19)6-11(16)8-12/h3-8,20H,1-2H3. The van der Waals surface area contributed by atoms with E-state index >= 15 is 0 Å². The Hall–Kier alpha value is -1.74. The van der Waals surface area contributed by atoms with Crippen molar-refractivity contribution in [3.05, 3.63) is 52.0 Å². The number of benzene rings is 2. The third-order valence-corrected chi connectivity index (χ3v) is 4.91. The van der Waals surface area contributed by atoms with E-state index in [0.717, 1.165) is 17.7 Å². The molecule has 24 heavy (non-hydrogen) atoms. The molecule has 0 aliphatic heterocycles. The van der Waals surface area contributed by atoms with E-state index in [0.29, 0.717) is 6.07 Å². The van der Waals surface area contributed by atoms with Crippen LogP contribution in [-0.2, 0) is 16.2 Å². The normalized spacial score (nSPS) is 12.1. The van der Waals surface area contributed by atoms with Gasteiger partial charge in [0.15, 0.2) is 0 Å². The summed E-state index contributed by atoms with van der Waals surface area (Å²) in [5, 5.41) is 0. The maximum Gasteiger partial charge on any atom is 0.416 e. The summed E-state index contributed by atoms with van der Waals surface area (Å²) in [6.45, 7) is 1.75. The van der Waals surface area contributed by atoms with E-state index in [1.807, 2.05) is 0 Å². The third-order valence-electron chi connectivity index (χ3n) is 3.11. The average molecular weight is 424 g/mol. The van der Waals surface area contributed by atoms with Crippen LogP contribution in [0.25, 0.3) is 0 Å². The maximum absolute atomic E-state index is 12.9. The summed E-state index contributed by atoms with van der Waals surface area (Å²) < 4.78 is 70.9. The van der Waals surface area contributed by atoms with Crippen LogP contribution in [0.15, 0.2) is 45.8 Å². The average Bonchev–Trinajstić information content (AvgIpc) is 2.45. The molecule has 2 aromatic rings. The van der Waals surface area contributed by atoms with E-state index in [4.69, 9.17) is 4.74 Å². The number of halogens is 4. The van der Waals surface area contributed by atoms with Gasteiger partial charge in [0, 0.05) is 4.47 Å². The van der Waals surface area contributed by atoms with Crippen molar-refractivity contribution in [2.24, 2.45) is 0 Å². The van der Waals surface area contributed by atoms with Crippen LogP contribution in [0, 0.1) is 6.92 Å². The van der Waals surface area contributed by atoms with Gasteiger partial charge in [0.05, 0.1) is 23.3 Å². The number of ether oxygens (including phenoxy) is 1. The first kappa shape index (κ1) is 18.6. The number of nitrogens with one attached hydrogen (secondary N) is 1. The zero-order valence-electron chi connectivity index (χ0n) is 12.6. The Bertz CT molecular complexity index is 867. The minimum atomic E-state index is -4.66. The van der Waals surface area contributed by atoms with Gasteiger partial charge in [-0.2, -0.15) is 13.2 Å². The molecule has 1 N–H and O–H groups in total. The Morgan fingerprint density at radius 2 is 1.79 bits per heavy atom. The smallest absolute Gasteiger partial charge is 0.416 e. The number of alkyl halides is 3. The van der Waals surface area contributed by atoms with Gasteiger partial charge in [-0.1, -0.05) is 22.0 Å². The molecule has 9 heteroatoms. The highest BCUT2D eigenvalue weighted by Crippen LogP contribution is 2.34. The van der Waals surface area contributed by atoms with Gasteiger partial charge in [0.2, 0.25) is 0 Å². The predicted molar refractivity (Wildman–Crippen MR) is 87.7 cm³/mol. The van der Waals surface area contributed by atoms with Crippen molar-refractivity contribution >= 4 is 31.6 Å². The Morgan fingerprint density at radius 3 is 2.38 bits per heavy atom. The molecule has 2 aromatic carbocycles. The summed E-state index contributed by atoms with van der Waals surface area (Å²) in [6, 6.07) is 7.30. The molecule has 4 nitrogen and oxygen atoms in total. The van der Waals surface area contributed by atoms with E-state index < -0.39 is 26.7 Å². The summed E-state index contributed by atoms with van der Waals surface area (Å²) >= 11 is 2.91. The molecule has 0 atom stereocenters. The van der Waals surface area contributed by atoms with Crippen LogP contribution in [0.4, 0.5) is 18.9 Å². The van der Waals surface area contributed by atoms with Crippen LogP contribution in [0.5, 0.6) is 5.75 Å². The number of methoxy groups -OCH3 is 1. The van der Waals surface area contributed by atoms with E-state index in [2.05, 4.69) is 20.7 Å². The fourth-order valence-corrected chi connectivity index (χ4v) is 3.76. The van der Waals surface area contributed by atoms with Gasteiger partial charge in [0.25, 0.3) is 10.0 Å². The molecule has 0 fully saturated rings. The predicted octanol–water partition coefficient (Wildman–Crippen LogP) is 4.59. The summed E-state index contributed by atoms with van der Waals surface area (Å²) in [6.07, 6.45) is -4.66. The van der Waals surface area contributed by atoms with Gasteiger partial charge in [-0.3, -0.25) is 4.72 Å². The second-order valence-corrected chi connectivity index (χ2v) is 7.58. The van der Waals surface area contributed by atoms with Crippen molar-refractivity contribution < 1.29 is 26.3 Å². The highest BCUT2D eigenvalue weighted by Gasteiger charge is 2.32. The fraction of sp³-hybridized carbons (Fsp3) is 0.200. The SMILES string of the molecule is COc1ccc(C)cc1NS(=O)(=O)c1cc(Br)cc(C(F)(F)F)c1. The first-order valence-electron chi connectivity index (χ1n) is 6.58. The van der Waals surface area contributed by atoms with Crippen LogP contribution in [0.2, 0.25) is 0 Å². The van der Waals surface area contributed by atoms with Crippen LogP contribution in [-0.4, -0.2) is 15.5 Å². The van der Waals surface area contributed by atoms with Gasteiger partial charge >= 0.3 is 6.18 Å². The topological polar surface area (TPSA) is 55.4 Å². The van der Waals surface area contributed by atoms with E-state index in [1.54, 1.807) is 19.1 Å². The maximum atomic E-state index is 12.9. The molecule has 0 radical (unpaired) electrons. The van der Waals surface area contributed by atoms with Crippen molar-refractivity contribution in [3.63, 3.8) is 0 Å². The molecule has 0 spiro atoms. The van der Waals surface area contributed by atoms with Crippen molar-refractivity contribution in [1.82, 2.24) is 0 Å². The fourth-order valence-electron chi connectivity index (χ4n) is 1.99. The third kappa shape index (κ3) is 4.21. The first-order chi connectivity index (χ1) is 11.0. The molecule has 0 bridgehead atoms. The van der Waals surface area contributed by atoms with Gasteiger partial charge in [-0.25, -0.2) is 8.42 Å². The lowest BCUT2D eigenvalue weighted by Gasteiger charge is -2.14. The zero-order chi connectivity index (χ0) is 18.1. The first-order valence-corrected chi connectivity index (χ1v) is 8.86. The van der Waals surface area contributed by atoms with Crippen LogP contribution in [0.3, 0.4) is 0 Å². The largest absolute Gasteiger partial charge is 0.495 e. The van der Waals surface area contributed by atoms with Crippen LogP contribution < -0.4 is 9.46 Å². The van der Waals surface area contributed by atoms with Crippen molar-refractivity contribution in [2.75, 3.05) is 11.8 Å². The lowest BCUT2D eigenvalue weighted by Crippen LogP contribution is -2.15. The van der Waals surface area contributed by atoms with Crippen molar-refractivity contribution in [1.29, 1.82) is 0 Å². The number of aryl methyl sites for hydroxylation is 1. The molecule has 0 aliphatic carbocycles. The molecule has 2 rings (SSSR count). The molecule has 0 amide bonds. The molecular formula is C15H13BrF3NO3S. The minimum Gasteiger partial charge on any atom is -0.495 e. The van der Waals surface area contributed by atoms with Gasteiger partial charge < -0.3 is 4.74 Å². The molecule has 0 heterocycles. The quantitative estimate of drug-likeness (QED) is 0.782. The second kappa shape index (κ2) is 6.64. The molecular weight excluding hydrogens is 411 g/mol. The highest BCUT2D eigenvalue weighted by atomic mass is 79.9. The number of hydrogen-bond donors (Lipinski definition) is 1. The molecule has 0 aromatic heterocycles. The molecule has 0 aliphatic rings. The van der Waals surface area contributed by atoms with Gasteiger partial charge in [-0.05, 0) is 42.8 Å². The van der Waals surface area contributed by atoms with Gasteiger partial charge in [0.1, 0.15) is 5.75 Å². The molecule has 0 saturated carbocycles. The Morgan fingerprint density at radius 1 is 1.12 bits per heavy atom. The van der Waals surface area contributed by atoms with E-state index in [-0.39, 0.29) is 15.9 Å². The number of anilines is 1. The Balaban J connectivity index is 2.49. The van der Waals surface area contributed by atoms with E-state index in [9.17, 15) is 21.6 Å². The van der Waals surface area contributed by atoms with Gasteiger partial charge in [-0.15, -0.1) is 0 Å². The molecule has 0 saturated heterocycles. The van der Waals surface area contributed by atoms with Crippen molar-refractivity contribution in [3.8, 4) is 5.75 Å². The summed E-state index contributed by atoms with van der Waals surface area (Å²) in [5.74, 6) is 0.259. The zero-order valence-corrected chi connectivity index (χ0v) is 15.0. The Kier molecular flexibility index (Phi) is 5.14. The van der Waals surface area contributed by atoms with E-state index in [1.165, 1.54) is 13.2 Å². The number of hydrogen-bond acceptors (Lipinski definition) is 3. The minimum absolute atomic E-state index is 0.00825. The van der Waals surface area contributed by atoms with Crippen LogP contribution >= 0.6 is 15.9 Å². The summed E-state index contributed by atoms with van der Waals surface area (Å²) in [7, 11) is -2.86. The number of sulfonamides is 1. The highest BCUT2D eigenvalue weighted by molar-refractivity contribution is 9.10.